The SMILES string of the molecule is CCCCCCC[N+](C)(CCCCO)CCCCCCC.[Cl-]. The molecule has 0 atom stereocenters. The smallest absolute Gasteiger partial charge is 0.0785 e. The number of hydrogen-bond donors (Lipinski definition) is 1. The summed E-state index contributed by atoms with van der Waals surface area (Å²) >= 11 is 0. The summed E-state index contributed by atoms with van der Waals surface area (Å²) in [5.74, 6) is 0. The van der Waals surface area contributed by atoms with Crippen LogP contribution in [0.15, 0.2) is 0 Å². The molecular formula is C19H42ClNO. The Hall–Kier alpha value is 0.210. The largest absolute Gasteiger partial charge is 1.00 e. The van der Waals surface area contributed by atoms with E-state index in [0.29, 0.717) is 6.61 Å². The summed E-state index contributed by atoms with van der Waals surface area (Å²) in [5.41, 5.74) is 0. The number of rotatable bonds is 16. The highest BCUT2D eigenvalue weighted by Crippen LogP contribution is 2.14. The molecule has 0 aliphatic carbocycles. The van der Waals surface area contributed by atoms with Crippen LogP contribution >= 0.6 is 0 Å². The van der Waals surface area contributed by atoms with Crippen molar-refractivity contribution in [2.24, 2.45) is 0 Å². The number of halogens is 1. The van der Waals surface area contributed by atoms with E-state index in [2.05, 4.69) is 20.9 Å². The second-order valence-electron chi connectivity index (χ2n) is 7.05. The van der Waals surface area contributed by atoms with E-state index >= 15 is 0 Å². The van der Waals surface area contributed by atoms with Crippen LogP contribution in [0.3, 0.4) is 0 Å². The summed E-state index contributed by atoms with van der Waals surface area (Å²) in [6.45, 7) is 8.84. The molecule has 0 aliphatic heterocycles. The quantitative estimate of drug-likeness (QED) is 0.338. The molecule has 3 heteroatoms. The highest BCUT2D eigenvalue weighted by molar-refractivity contribution is 4.49. The monoisotopic (exact) mass is 335 g/mol. The van der Waals surface area contributed by atoms with Gasteiger partial charge in [0, 0.05) is 6.61 Å². The van der Waals surface area contributed by atoms with Crippen LogP contribution in [0.1, 0.15) is 90.9 Å². The summed E-state index contributed by atoms with van der Waals surface area (Å²) < 4.78 is 1.23. The number of aliphatic hydroxyl groups is 1. The first-order chi connectivity index (χ1) is 10.2. The third kappa shape index (κ3) is 15.1. The van der Waals surface area contributed by atoms with Crippen molar-refractivity contribution in [2.75, 3.05) is 33.3 Å². The molecular weight excluding hydrogens is 294 g/mol. The maximum atomic E-state index is 9.00. The molecule has 0 aromatic carbocycles. The zero-order valence-electron chi connectivity index (χ0n) is 15.6. The van der Waals surface area contributed by atoms with Crippen molar-refractivity contribution in [3.63, 3.8) is 0 Å². The Labute approximate surface area is 146 Å². The molecule has 22 heavy (non-hydrogen) atoms. The van der Waals surface area contributed by atoms with Gasteiger partial charge < -0.3 is 22.0 Å². The van der Waals surface area contributed by atoms with Crippen molar-refractivity contribution in [1.82, 2.24) is 0 Å². The van der Waals surface area contributed by atoms with Crippen LogP contribution in [0, 0.1) is 0 Å². The van der Waals surface area contributed by atoms with Gasteiger partial charge in [0.05, 0.1) is 26.7 Å². The van der Waals surface area contributed by atoms with Gasteiger partial charge in [-0.05, 0) is 38.5 Å². The second kappa shape index (κ2) is 17.6. The maximum Gasteiger partial charge on any atom is 0.0785 e. The van der Waals surface area contributed by atoms with Crippen molar-refractivity contribution in [3.8, 4) is 0 Å². The minimum Gasteiger partial charge on any atom is -1.00 e. The molecule has 0 rings (SSSR count). The number of unbranched alkanes of at least 4 members (excludes halogenated alkanes) is 9. The van der Waals surface area contributed by atoms with Crippen LogP contribution in [0.2, 0.25) is 0 Å². The van der Waals surface area contributed by atoms with Gasteiger partial charge in [-0.1, -0.05) is 52.4 Å². The lowest BCUT2D eigenvalue weighted by molar-refractivity contribution is -0.910. The lowest BCUT2D eigenvalue weighted by Gasteiger charge is -2.35. The van der Waals surface area contributed by atoms with Gasteiger partial charge >= 0.3 is 0 Å². The molecule has 136 valence electrons. The Kier molecular flexibility index (Phi) is 19.5. The normalized spacial score (nSPS) is 11.5. The lowest BCUT2D eigenvalue weighted by Crippen LogP contribution is -3.00. The van der Waals surface area contributed by atoms with Gasteiger partial charge in [0.2, 0.25) is 0 Å². The fourth-order valence-corrected chi connectivity index (χ4v) is 3.13. The zero-order chi connectivity index (χ0) is 15.8. The molecule has 0 aromatic rings. The van der Waals surface area contributed by atoms with Crippen LogP contribution in [0.4, 0.5) is 0 Å². The van der Waals surface area contributed by atoms with Gasteiger partial charge in [-0.15, -0.1) is 0 Å². The molecule has 0 unspecified atom stereocenters. The van der Waals surface area contributed by atoms with Gasteiger partial charge in [-0.3, -0.25) is 0 Å². The lowest BCUT2D eigenvalue weighted by atomic mass is 10.1. The number of hydrogen-bond acceptors (Lipinski definition) is 1. The first-order valence-electron chi connectivity index (χ1n) is 9.63. The number of aliphatic hydroxyl groups excluding tert-OH is 1. The summed E-state index contributed by atoms with van der Waals surface area (Å²) in [7, 11) is 2.44. The minimum absolute atomic E-state index is 0. The molecule has 0 heterocycles. The van der Waals surface area contributed by atoms with Crippen molar-refractivity contribution in [3.05, 3.63) is 0 Å². The summed E-state index contributed by atoms with van der Waals surface area (Å²) in [4.78, 5) is 0. The first kappa shape index (κ1) is 24.5. The number of quaternary nitrogens is 1. The van der Waals surface area contributed by atoms with Crippen molar-refractivity contribution >= 4 is 0 Å². The molecule has 0 bridgehead atoms. The molecule has 0 saturated carbocycles. The predicted octanol–water partition coefficient (Wildman–Crippen LogP) is 2.15. The molecule has 0 saturated heterocycles. The second-order valence-corrected chi connectivity index (χ2v) is 7.05. The minimum atomic E-state index is 0. The standard InChI is InChI=1S/C19H42NO.ClH/c1-4-6-8-10-12-16-20(3,18-14-15-19-21)17-13-11-9-7-5-2;/h21H,4-19H2,1-3H3;1H/q+1;/p-1. The predicted molar refractivity (Wildman–Crippen MR) is 94.6 cm³/mol. The summed E-state index contributed by atoms with van der Waals surface area (Å²) in [6, 6.07) is 0. The Morgan fingerprint density at radius 1 is 0.591 bits per heavy atom. The van der Waals surface area contributed by atoms with E-state index in [1.54, 1.807) is 0 Å². The van der Waals surface area contributed by atoms with Gasteiger partial charge in [0.25, 0.3) is 0 Å². The van der Waals surface area contributed by atoms with Crippen LogP contribution in [0.25, 0.3) is 0 Å². The van der Waals surface area contributed by atoms with E-state index in [4.69, 9.17) is 5.11 Å². The van der Waals surface area contributed by atoms with E-state index in [0.717, 1.165) is 6.42 Å². The molecule has 2 nitrogen and oxygen atoms in total. The first-order valence-corrected chi connectivity index (χ1v) is 9.63. The van der Waals surface area contributed by atoms with E-state index in [1.807, 2.05) is 0 Å². The average Bonchev–Trinajstić information content (AvgIpc) is 2.47. The third-order valence-electron chi connectivity index (χ3n) is 4.71. The van der Waals surface area contributed by atoms with E-state index in [-0.39, 0.29) is 12.4 Å². The van der Waals surface area contributed by atoms with E-state index in [1.165, 1.54) is 94.7 Å². The van der Waals surface area contributed by atoms with Crippen molar-refractivity contribution < 1.29 is 22.0 Å². The highest BCUT2D eigenvalue weighted by Gasteiger charge is 2.19. The number of nitrogens with zero attached hydrogens (tertiary/aromatic N) is 1. The topological polar surface area (TPSA) is 20.2 Å². The maximum absolute atomic E-state index is 9.00. The molecule has 0 radical (unpaired) electrons. The molecule has 0 spiro atoms. The summed E-state index contributed by atoms with van der Waals surface area (Å²) in [5, 5.41) is 9.00. The van der Waals surface area contributed by atoms with Crippen molar-refractivity contribution in [2.45, 2.75) is 90.9 Å². The molecule has 0 aromatic heterocycles. The molecule has 0 amide bonds. The third-order valence-corrected chi connectivity index (χ3v) is 4.71. The molecule has 0 fully saturated rings. The van der Waals surface area contributed by atoms with Crippen LogP contribution in [-0.4, -0.2) is 42.9 Å². The van der Waals surface area contributed by atoms with Crippen LogP contribution < -0.4 is 12.4 Å². The Morgan fingerprint density at radius 2 is 0.955 bits per heavy atom. The van der Waals surface area contributed by atoms with E-state index in [9.17, 15) is 0 Å². The Morgan fingerprint density at radius 3 is 1.32 bits per heavy atom. The van der Waals surface area contributed by atoms with Gasteiger partial charge in [0.15, 0.2) is 0 Å². The van der Waals surface area contributed by atoms with Crippen molar-refractivity contribution in [1.29, 1.82) is 0 Å². The molecule has 1 N–H and O–H groups in total. The van der Waals surface area contributed by atoms with Gasteiger partial charge in [0.1, 0.15) is 0 Å². The van der Waals surface area contributed by atoms with Crippen LogP contribution in [0.5, 0.6) is 0 Å². The van der Waals surface area contributed by atoms with Gasteiger partial charge in [-0.2, -0.15) is 0 Å². The van der Waals surface area contributed by atoms with E-state index < -0.39 is 0 Å². The van der Waals surface area contributed by atoms with Gasteiger partial charge in [-0.25, -0.2) is 0 Å². The molecule has 0 aliphatic rings. The Bertz CT molecular complexity index is 198. The summed E-state index contributed by atoms with van der Waals surface area (Å²) in [6.07, 6.45) is 16.0. The fourth-order valence-electron chi connectivity index (χ4n) is 3.13. The fraction of sp³-hybridized carbons (Fsp3) is 1.00. The zero-order valence-corrected chi connectivity index (χ0v) is 16.3. The Balaban J connectivity index is 0. The average molecular weight is 336 g/mol. The highest BCUT2D eigenvalue weighted by atomic mass is 35.5. The van der Waals surface area contributed by atoms with Crippen LogP contribution in [-0.2, 0) is 0 Å².